The highest BCUT2D eigenvalue weighted by atomic mass is 35.5. The molecule has 7 heteroatoms. The Bertz CT molecular complexity index is 1200. The lowest BCUT2D eigenvalue weighted by atomic mass is 9.89. The van der Waals surface area contributed by atoms with E-state index >= 15 is 0 Å². The summed E-state index contributed by atoms with van der Waals surface area (Å²) in [5.74, 6) is -0.0264. The Labute approximate surface area is 203 Å². The average Bonchev–Trinajstić information content (AvgIpc) is 2.85. The number of carbonyl (C=O) groups excluding carboxylic acids is 2. The zero-order valence-corrected chi connectivity index (χ0v) is 20.1. The molecule has 3 aromatic rings. The van der Waals surface area contributed by atoms with Crippen LogP contribution >= 0.6 is 11.6 Å². The first-order chi connectivity index (χ1) is 16.3. The molecule has 0 unspecified atom stereocenters. The van der Waals surface area contributed by atoms with Crippen molar-refractivity contribution in [2.24, 2.45) is 0 Å². The molecule has 1 heterocycles. The van der Waals surface area contributed by atoms with Gasteiger partial charge in [0.25, 0.3) is 5.91 Å². The normalized spacial score (nSPS) is 17.1. The fraction of sp³-hybridized carbons (Fsp3) is 0.259. The SMILES string of the molecule is CCC(=O)N(c1ccc(Cl)cc1)[C@H]1C[C@@H](C)N(C(=O)c2ccc(F)cc2)c2ccc(OC)cc21. The largest absolute Gasteiger partial charge is 0.497 e. The van der Waals surface area contributed by atoms with Crippen molar-refractivity contribution < 1.29 is 18.7 Å². The van der Waals surface area contributed by atoms with Crippen LogP contribution in [0, 0.1) is 5.82 Å². The molecule has 2 amide bonds. The molecular weight excluding hydrogens is 455 g/mol. The Morgan fingerprint density at radius 2 is 1.76 bits per heavy atom. The van der Waals surface area contributed by atoms with Crippen LogP contribution in [0.2, 0.25) is 5.02 Å². The molecule has 1 aliphatic heterocycles. The van der Waals surface area contributed by atoms with Gasteiger partial charge in [0.15, 0.2) is 0 Å². The summed E-state index contributed by atoms with van der Waals surface area (Å²) < 4.78 is 18.9. The number of halogens is 2. The first kappa shape index (κ1) is 23.8. The second kappa shape index (κ2) is 9.85. The number of fused-ring (bicyclic) bond motifs is 1. The number of hydrogen-bond donors (Lipinski definition) is 0. The summed E-state index contributed by atoms with van der Waals surface area (Å²) in [4.78, 5) is 30.2. The monoisotopic (exact) mass is 480 g/mol. The summed E-state index contributed by atoms with van der Waals surface area (Å²) in [5, 5.41) is 0.586. The van der Waals surface area contributed by atoms with E-state index < -0.39 is 5.82 Å². The molecule has 0 saturated heterocycles. The van der Waals surface area contributed by atoms with Crippen LogP contribution in [-0.4, -0.2) is 25.0 Å². The van der Waals surface area contributed by atoms with Gasteiger partial charge in [0.2, 0.25) is 5.91 Å². The van der Waals surface area contributed by atoms with Crippen molar-refractivity contribution >= 4 is 34.8 Å². The van der Waals surface area contributed by atoms with Gasteiger partial charge in [0, 0.05) is 40.0 Å². The number of amides is 2. The highest BCUT2D eigenvalue weighted by Gasteiger charge is 2.39. The summed E-state index contributed by atoms with van der Waals surface area (Å²) in [5.41, 5.74) is 2.64. The second-order valence-electron chi connectivity index (χ2n) is 8.30. The summed E-state index contributed by atoms with van der Waals surface area (Å²) in [6.07, 6.45) is 0.840. The molecular formula is C27H26ClFN2O3. The lowest BCUT2D eigenvalue weighted by Gasteiger charge is -2.43. The standard InChI is InChI=1S/C27H26ClFN2O3/c1-4-26(32)31(21-11-7-19(28)8-12-21)25-15-17(2)30(24-14-13-22(34-3)16-23(24)25)27(33)18-5-9-20(29)10-6-18/h5-14,16-17,25H,4,15H2,1-3H3/t17-,25+/m1/s1. The van der Waals surface area contributed by atoms with Crippen molar-refractivity contribution in [2.75, 3.05) is 16.9 Å². The maximum atomic E-state index is 13.5. The molecule has 0 bridgehead atoms. The fourth-order valence-corrected chi connectivity index (χ4v) is 4.62. The molecule has 0 aliphatic carbocycles. The molecule has 0 aromatic heterocycles. The molecule has 4 rings (SSSR count). The quantitative estimate of drug-likeness (QED) is 0.424. The molecule has 3 aromatic carbocycles. The average molecular weight is 481 g/mol. The van der Waals surface area contributed by atoms with E-state index in [2.05, 4.69) is 0 Å². The molecule has 0 N–H and O–H groups in total. The topological polar surface area (TPSA) is 49.9 Å². The van der Waals surface area contributed by atoms with E-state index in [1.54, 1.807) is 35.1 Å². The maximum absolute atomic E-state index is 13.5. The number of hydrogen-bond acceptors (Lipinski definition) is 3. The third kappa shape index (κ3) is 4.50. The molecule has 0 spiro atoms. The Morgan fingerprint density at radius 1 is 1.09 bits per heavy atom. The third-order valence-electron chi connectivity index (χ3n) is 6.16. The maximum Gasteiger partial charge on any atom is 0.258 e. The molecule has 34 heavy (non-hydrogen) atoms. The van der Waals surface area contributed by atoms with Crippen molar-refractivity contribution in [3.63, 3.8) is 0 Å². The van der Waals surface area contributed by atoms with Gasteiger partial charge in [-0.05, 0) is 80.1 Å². The predicted molar refractivity (Wildman–Crippen MR) is 132 cm³/mol. The van der Waals surface area contributed by atoms with Crippen molar-refractivity contribution in [1.29, 1.82) is 0 Å². The Kier molecular flexibility index (Phi) is 6.89. The van der Waals surface area contributed by atoms with E-state index in [9.17, 15) is 14.0 Å². The minimum Gasteiger partial charge on any atom is -0.497 e. The van der Waals surface area contributed by atoms with Crippen LogP contribution in [0.25, 0.3) is 0 Å². The number of ether oxygens (including phenoxy) is 1. The second-order valence-corrected chi connectivity index (χ2v) is 8.74. The summed E-state index contributed by atoms with van der Waals surface area (Å²) >= 11 is 6.09. The van der Waals surface area contributed by atoms with Crippen molar-refractivity contribution in [3.05, 3.63) is 88.7 Å². The zero-order chi connectivity index (χ0) is 24.4. The van der Waals surface area contributed by atoms with Crippen LogP contribution in [0.15, 0.2) is 66.7 Å². The third-order valence-corrected chi connectivity index (χ3v) is 6.41. The van der Waals surface area contributed by atoms with E-state index in [4.69, 9.17) is 16.3 Å². The Morgan fingerprint density at radius 3 is 2.38 bits per heavy atom. The van der Waals surface area contributed by atoms with E-state index in [0.29, 0.717) is 34.9 Å². The van der Waals surface area contributed by atoms with Crippen LogP contribution in [-0.2, 0) is 4.79 Å². The van der Waals surface area contributed by atoms with Crippen molar-refractivity contribution in [3.8, 4) is 5.75 Å². The molecule has 1 aliphatic rings. The van der Waals surface area contributed by atoms with E-state index in [-0.39, 0.29) is 23.9 Å². The summed E-state index contributed by atoms with van der Waals surface area (Å²) in [6.45, 7) is 3.78. The number of carbonyl (C=O) groups is 2. The molecule has 176 valence electrons. The first-order valence-corrected chi connectivity index (χ1v) is 11.6. The summed E-state index contributed by atoms with van der Waals surface area (Å²) in [7, 11) is 1.58. The van der Waals surface area contributed by atoms with Crippen molar-refractivity contribution in [2.45, 2.75) is 38.8 Å². The van der Waals surface area contributed by atoms with Gasteiger partial charge < -0.3 is 14.5 Å². The first-order valence-electron chi connectivity index (χ1n) is 11.2. The van der Waals surface area contributed by atoms with E-state index in [1.807, 2.05) is 38.1 Å². The highest BCUT2D eigenvalue weighted by Crippen LogP contribution is 2.44. The Balaban J connectivity index is 1.83. The molecule has 0 saturated carbocycles. The Hall–Kier alpha value is -3.38. The van der Waals surface area contributed by atoms with Gasteiger partial charge in [-0.15, -0.1) is 0 Å². The lowest BCUT2D eigenvalue weighted by Crippen LogP contribution is -2.47. The fourth-order valence-electron chi connectivity index (χ4n) is 4.49. The predicted octanol–water partition coefficient (Wildman–Crippen LogP) is 6.41. The highest BCUT2D eigenvalue weighted by molar-refractivity contribution is 6.30. The van der Waals surface area contributed by atoms with Crippen LogP contribution in [0.1, 0.15) is 48.7 Å². The van der Waals surface area contributed by atoms with E-state index in [1.165, 1.54) is 24.3 Å². The summed E-state index contributed by atoms with van der Waals surface area (Å²) in [6, 6.07) is 17.7. The van der Waals surface area contributed by atoms with Crippen LogP contribution in [0.4, 0.5) is 15.8 Å². The zero-order valence-electron chi connectivity index (χ0n) is 19.3. The van der Waals surface area contributed by atoms with Gasteiger partial charge in [0.05, 0.1) is 13.2 Å². The molecule has 0 fully saturated rings. The van der Waals surface area contributed by atoms with Gasteiger partial charge in [0.1, 0.15) is 11.6 Å². The van der Waals surface area contributed by atoms with Crippen LogP contribution in [0.3, 0.4) is 0 Å². The number of anilines is 2. The number of nitrogens with zero attached hydrogens (tertiary/aromatic N) is 2. The number of benzene rings is 3. The van der Waals surface area contributed by atoms with Crippen molar-refractivity contribution in [1.82, 2.24) is 0 Å². The van der Waals surface area contributed by atoms with Crippen LogP contribution in [0.5, 0.6) is 5.75 Å². The molecule has 0 radical (unpaired) electrons. The number of methoxy groups -OCH3 is 1. The van der Waals surface area contributed by atoms with E-state index in [0.717, 1.165) is 11.3 Å². The molecule has 5 nitrogen and oxygen atoms in total. The molecule has 2 atom stereocenters. The smallest absolute Gasteiger partial charge is 0.258 e. The van der Waals surface area contributed by atoms with Gasteiger partial charge in [-0.2, -0.15) is 0 Å². The minimum atomic E-state index is -0.398. The van der Waals surface area contributed by atoms with Gasteiger partial charge in [-0.3, -0.25) is 9.59 Å². The van der Waals surface area contributed by atoms with Gasteiger partial charge in [-0.1, -0.05) is 18.5 Å². The van der Waals surface area contributed by atoms with Gasteiger partial charge >= 0.3 is 0 Å². The van der Waals surface area contributed by atoms with Gasteiger partial charge in [-0.25, -0.2) is 4.39 Å². The lowest BCUT2D eigenvalue weighted by molar-refractivity contribution is -0.118. The number of rotatable bonds is 5. The van der Waals surface area contributed by atoms with Crippen LogP contribution < -0.4 is 14.5 Å². The minimum absolute atomic E-state index is 0.0356.